The number of likely N-dealkylation sites (tertiary alicyclic amines) is 1. The lowest BCUT2D eigenvalue weighted by atomic mass is 10.2. The number of hydrogen-bond donors (Lipinski definition) is 2. The Balaban J connectivity index is 1.72. The van der Waals surface area contributed by atoms with Gasteiger partial charge in [-0.15, -0.1) is 0 Å². The predicted molar refractivity (Wildman–Crippen MR) is 81.3 cm³/mol. The summed E-state index contributed by atoms with van der Waals surface area (Å²) >= 11 is 0. The Hall–Kier alpha value is -1.82. The van der Waals surface area contributed by atoms with Crippen LogP contribution < -0.4 is 15.4 Å². The Morgan fingerprint density at radius 3 is 2.90 bits per heavy atom. The number of aromatic nitrogens is 1. The molecule has 1 saturated heterocycles. The molecule has 0 saturated carbocycles. The van der Waals surface area contributed by atoms with E-state index in [9.17, 15) is 4.79 Å². The molecule has 1 atom stereocenters. The topological polar surface area (TPSA) is 66.5 Å². The maximum Gasteiger partial charge on any atom is 0.315 e. The summed E-state index contributed by atoms with van der Waals surface area (Å²) in [5, 5.41) is 5.75. The van der Waals surface area contributed by atoms with E-state index in [1.54, 1.807) is 13.3 Å². The first kappa shape index (κ1) is 15.6. The fourth-order valence-corrected chi connectivity index (χ4v) is 2.53. The van der Waals surface area contributed by atoms with Crippen molar-refractivity contribution in [3.8, 4) is 5.88 Å². The van der Waals surface area contributed by atoms with Crippen LogP contribution in [0.3, 0.4) is 0 Å². The van der Waals surface area contributed by atoms with E-state index in [-0.39, 0.29) is 6.03 Å². The maximum atomic E-state index is 11.8. The summed E-state index contributed by atoms with van der Waals surface area (Å²) in [6, 6.07) is 3.93. The summed E-state index contributed by atoms with van der Waals surface area (Å²) in [5.41, 5.74) is 0.864. The van der Waals surface area contributed by atoms with Gasteiger partial charge in [0.1, 0.15) is 0 Å². The first-order chi connectivity index (χ1) is 10.2. The van der Waals surface area contributed by atoms with E-state index in [2.05, 4.69) is 27.4 Å². The third kappa shape index (κ3) is 4.60. The van der Waals surface area contributed by atoms with E-state index in [0.29, 0.717) is 25.0 Å². The molecule has 1 fully saturated rings. The summed E-state index contributed by atoms with van der Waals surface area (Å²) in [7, 11) is 1.57. The molecule has 0 spiro atoms. The Labute approximate surface area is 125 Å². The number of carbonyl (C=O) groups excluding carboxylic acids is 1. The lowest BCUT2D eigenvalue weighted by molar-refractivity contribution is 0.226. The van der Waals surface area contributed by atoms with Crippen molar-refractivity contribution in [1.82, 2.24) is 20.5 Å². The van der Waals surface area contributed by atoms with Gasteiger partial charge >= 0.3 is 6.03 Å². The number of ether oxygens (including phenoxy) is 1. The molecule has 116 valence electrons. The molecule has 6 nitrogen and oxygen atoms in total. The van der Waals surface area contributed by atoms with Gasteiger partial charge in [0.25, 0.3) is 0 Å². The highest BCUT2D eigenvalue weighted by atomic mass is 16.5. The highest BCUT2D eigenvalue weighted by molar-refractivity contribution is 5.73. The second-order valence-corrected chi connectivity index (χ2v) is 5.33. The van der Waals surface area contributed by atoms with Gasteiger partial charge in [0, 0.05) is 30.9 Å². The van der Waals surface area contributed by atoms with Crippen molar-refractivity contribution in [1.29, 1.82) is 0 Å². The third-order valence-corrected chi connectivity index (χ3v) is 3.80. The number of nitrogens with one attached hydrogen (secondary N) is 2. The summed E-state index contributed by atoms with van der Waals surface area (Å²) < 4.78 is 5.15. The van der Waals surface area contributed by atoms with Crippen LogP contribution in [0.5, 0.6) is 5.88 Å². The number of hydrogen-bond acceptors (Lipinski definition) is 4. The van der Waals surface area contributed by atoms with E-state index < -0.39 is 0 Å². The van der Waals surface area contributed by atoms with Gasteiger partial charge in [-0.05, 0) is 38.9 Å². The SMILES string of the molecule is COc1ncccc1CNC(=O)NC[C@H](C)N1CCCC1. The van der Waals surface area contributed by atoms with Crippen LogP contribution in [0.1, 0.15) is 25.3 Å². The zero-order chi connectivity index (χ0) is 15.1. The quantitative estimate of drug-likeness (QED) is 0.831. The Morgan fingerprint density at radius 2 is 2.19 bits per heavy atom. The molecule has 21 heavy (non-hydrogen) atoms. The zero-order valence-corrected chi connectivity index (χ0v) is 12.8. The number of amides is 2. The monoisotopic (exact) mass is 292 g/mol. The fraction of sp³-hybridized carbons (Fsp3) is 0.600. The van der Waals surface area contributed by atoms with Gasteiger partial charge in [-0.25, -0.2) is 9.78 Å². The lowest BCUT2D eigenvalue weighted by Gasteiger charge is -2.23. The van der Waals surface area contributed by atoms with Crippen molar-refractivity contribution in [3.05, 3.63) is 23.9 Å². The van der Waals surface area contributed by atoms with Crippen molar-refractivity contribution in [2.24, 2.45) is 0 Å². The largest absolute Gasteiger partial charge is 0.481 e. The van der Waals surface area contributed by atoms with Crippen LogP contribution in [0.25, 0.3) is 0 Å². The van der Waals surface area contributed by atoms with Crippen LogP contribution >= 0.6 is 0 Å². The first-order valence-electron chi connectivity index (χ1n) is 7.44. The first-order valence-corrected chi connectivity index (χ1v) is 7.44. The molecule has 2 rings (SSSR count). The van der Waals surface area contributed by atoms with Crippen molar-refractivity contribution >= 4 is 6.03 Å². The van der Waals surface area contributed by atoms with E-state index >= 15 is 0 Å². The molecular formula is C15H24N4O2. The Bertz CT molecular complexity index is 461. The molecule has 1 aliphatic rings. The summed E-state index contributed by atoms with van der Waals surface area (Å²) in [4.78, 5) is 18.3. The normalized spacial score (nSPS) is 16.5. The molecule has 2 heterocycles. The van der Waals surface area contributed by atoms with Crippen LogP contribution in [-0.4, -0.2) is 48.7 Å². The van der Waals surface area contributed by atoms with E-state index in [4.69, 9.17) is 4.74 Å². The number of methoxy groups -OCH3 is 1. The molecule has 0 aliphatic carbocycles. The molecular weight excluding hydrogens is 268 g/mol. The lowest BCUT2D eigenvalue weighted by Crippen LogP contribution is -2.44. The van der Waals surface area contributed by atoms with Gasteiger partial charge in [-0.2, -0.15) is 0 Å². The minimum absolute atomic E-state index is 0.160. The van der Waals surface area contributed by atoms with Crippen molar-refractivity contribution in [2.45, 2.75) is 32.4 Å². The summed E-state index contributed by atoms with van der Waals surface area (Å²) in [5.74, 6) is 0.545. The van der Waals surface area contributed by atoms with Gasteiger partial charge < -0.3 is 15.4 Å². The average molecular weight is 292 g/mol. The fourth-order valence-electron chi connectivity index (χ4n) is 2.53. The Morgan fingerprint density at radius 1 is 1.43 bits per heavy atom. The molecule has 1 aliphatic heterocycles. The number of pyridine rings is 1. The molecule has 0 bridgehead atoms. The van der Waals surface area contributed by atoms with Crippen LogP contribution in [0.15, 0.2) is 18.3 Å². The Kier molecular flexibility index (Phi) is 5.80. The summed E-state index contributed by atoms with van der Waals surface area (Å²) in [6.45, 7) is 5.49. The second kappa shape index (κ2) is 7.83. The predicted octanol–water partition coefficient (Wildman–Crippen LogP) is 1.37. The highest BCUT2D eigenvalue weighted by Crippen LogP contribution is 2.13. The molecule has 6 heteroatoms. The van der Waals surface area contributed by atoms with Crippen LogP contribution in [0, 0.1) is 0 Å². The smallest absolute Gasteiger partial charge is 0.315 e. The third-order valence-electron chi connectivity index (χ3n) is 3.80. The maximum absolute atomic E-state index is 11.8. The van der Waals surface area contributed by atoms with Gasteiger partial charge in [0.2, 0.25) is 5.88 Å². The van der Waals surface area contributed by atoms with Crippen molar-refractivity contribution < 1.29 is 9.53 Å². The van der Waals surface area contributed by atoms with Crippen molar-refractivity contribution in [3.63, 3.8) is 0 Å². The van der Waals surface area contributed by atoms with Gasteiger partial charge in [-0.3, -0.25) is 4.90 Å². The molecule has 2 N–H and O–H groups in total. The van der Waals surface area contributed by atoms with Crippen LogP contribution in [0.4, 0.5) is 4.79 Å². The molecule has 0 radical (unpaired) electrons. The number of rotatable bonds is 6. The second-order valence-electron chi connectivity index (χ2n) is 5.33. The minimum Gasteiger partial charge on any atom is -0.481 e. The van der Waals surface area contributed by atoms with Crippen molar-refractivity contribution in [2.75, 3.05) is 26.7 Å². The van der Waals surface area contributed by atoms with Gasteiger partial charge in [0.05, 0.1) is 7.11 Å². The molecule has 1 aromatic heterocycles. The average Bonchev–Trinajstić information content (AvgIpc) is 3.05. The van der Waals surface area contributed by atoms with Crippen LogP contribution in [0.2, 0.25) is 0 Å². The summed E-state index contributed by atoms with van der Waals surface area (Å²) in [6.07, 6.45) is 4.19. The standard InChI is InChI=1S/C15H24N4O2/c1-12(19-8-3-4-9-19)10-17-15(20)18-11-13-6-5-7-16-14(13)21-2/h5-7,12H,3-4,8-11H2,1-2H3,(H2,17,18,20)/t12-/m0/s1. The molecule has 0 unspecified atom stereocenters. The van der Waals surface area contributed by atoms with E-state index in [1.165, 1.54) is 12.8 Å². The number of carbonyl (C=O) groups is 1. The number of urea groups is 1. The molecule has 2 amide bonds. The van der Waals surface area contributed by atoms with Gasteiger partial charge in [-0.1, -0.05) is 6.07 Å². The van der Waals surface area contributed by atoms with Crippen LogP contribution in [-0.2, 0) is 6.54 Å². The minimum atomic E-state index is -0.160. The zero-order valence-electron chi connectivity index (χ0n) is 12.8. The number of nitrogens with zero attached hydrogens (tertiary/aromatic N) is 2. The highest BCUT2D eigenvalue weighted by Gasteiger charge is 2.18. The van der Waals surface area contributed by atoms with Gasteiger partial charge in [0.15, 0.2) is 0 Å². The molecule has 0 aromatic carbocycles. The van der Waals surface area contributed by atoms with E-state index in [1.807, 2.05) is 12.1 Å². The molecule has 1 aromatic rings. The van der Waals surface area contributed by atoms with E-state index in [0.717, 1.165) is 18.7 Å².